The number of carboxylic acids is 1. The van der Waals surface area contributed by atoms with Gasteiger partial charge >= 0.3 is 5.97 Å². The first-order valence-electron chi connectivity index (χ1n) is 46.1. The van der Waals surface area contributed by atoms with E-state index in [0.29, 0.717) is 0 Å². The molecule has 11 heterocycles. The molecule has 0 bridgehead atoms. The molecule has 145 heavy (non-hydrogen) atoms. The van der Waals surface area contributed by atoms with Crippen LogP contribution in [0.15, 0.2) is 0 Å². The predicted molar refractivity (Wildman–Crippen MR) is 448 cm³/mol. The number of aliphatic carboxylic acids is 1. The highest BCUT2D eigenvalue weighted by Crippen LogP contribution is 2.43. The maximum atomic E-state index is 13.5. The van der Waals surface area contributed by atoms with Crippen molar-refractivity contribution in [3.8, 4) is 0 Å². The fourth-order valence-electron chi connectivity index (χ4n) is 18.7. The van der Waals surface area contributed by atoms with Crippen molar-refractivity contribution in [2.75, 3.05) is 66.1 Å². The lowest BCUT2D eigenvalue weighted by Crippen LogP contribution is -2.71. The first kappa shape index (κ1) is 120. The van der Waals surface area contributed by atoms with Gasteiger partial charge in [-0.2, -0.15) is 0 Å². The van der Waals surface area contributed by atoms with E-state index in [2.05, 4.69) is 31.9 Å². The van der Waals surface area contributed by atoms with Gasteiger partial charge in [0.1, 0.15) is 256 Å². The topological polar surface area (TPSA) is 992 Å². The third-order valence-corrected chi connectivity index (χ3v) is 26.3. The van der Waals surface area contributed by atoms with Gasteiger partial charge < -0.3 is 285 Å². The van der Waals surface area contributed by atoms with Crippen LogP contribution in [0.2, 0.25) is 0 Å². The van der Waals surface area contributed by atoms with E-state index < -0.39 is 457 Å². The second-order valence-corrected chi connectivity index (χ2v) is 36.7. The zero-order valence-corrected chi connectivity index (χ0v) is 78.4. The van der Waals surface area contributed by atoms with Gasteiger partial charge in [0, 0.05) is 48.0 Å². The van der Waals surface area contributed by atoms with Crippen molar-refractivity contribution < 1.29 is 286 Å². The van der Waals surface area contributed by atoms with Crippen molar-refractivity contribution >= 4 is 41.4 Å². The summed E-state index contributed by atoms with van der Waals surface area (Å²) in [6.07, 6.45) is -111. The number of hydrogen-bond donors (Lipinski definition) is 36. The second-order valence-electron chi connectivity index (χ2n) is 36.7. The van der Waals surface area contributed by atoms with E-state index in [0.717, 1.165) is 41.5 Å². The molecule has 0 aromatic carbocycles. The lowest BCUT2D eigenvalue weighted by Gasteiger charge is -2.52. The molecule has 11 aliphatic rings. The lowest BCUT2D eigenvalue weighted by molar-refractivity contribution is -0.409. The van der Waals surface area contributed by atoms with E-state index in [1.807, 2.05) is 0 Å². The highest BCUT2D eigenvalue weighted by atomic mass is 16.8. The van der Waals surface area contributed by atoms with Crippen molar-refractivity contribution in [3.63, 3.8) is 0 Å². The normalized spacial score (nSPS) is 47.2. The fourth-order valence-corrected chi connectivity index (χ4v) is 18.7. The van der Waals surface area contributed by atoms with Crippen LogP contribution in [0.4, 0.5) is 0 Å². The minimum Gasteiger partial charge on any atom is -0.477 e. The molecule has 64 heteroatoms. The number of rotatable bonds is 39. The first-order valence-corrected chi connectivity index (χ1v) is 46.1. The molecule has 11 rings (SSSR count). The summed E-state index contributed by atoms with van der Waals surface area (Å²) in [5.41, 5.74) is 0. The Morgan fingerprint density at radius 1 is 0.297 bits per heavy atom. The number of nitrogens with one attached hydrogen (secondary N) is 6. The Morgan fingerprint density at radius 3 is 1.06 bits per heavy atom. The number of amides is 6. The minimum absolute atomic E-state index is 0.829. The summed E-state index contributed by atoms with van der Waals surface area (Å²) in [5.74, 6) is -11.1. The molecule has 11 aliphatic heterocycles. The van der Waals surface area contributed by atoms with E-state index in [1.54, 1.807) is 0 Å². The van der Waals surface area contributed by atoms with Gasteiger partial charge in [-0.25, -0.2) is 4.79 Å². The smallest absolute Gasteiger partial charge is 0.364 e. The van der Waals surface area contributed by atoms with Crippen molar-refractivity contribution in [2.45, 2.75) is 398 Å². The second kappa shape index (κ2) is 51.8. The van der Waals surface area contributed by atoms with Crippen LogP contribution in [0.25, 0.3) is 0 Å². The average molecular weight is 2120 g/mol. The Balaban J connectivity index is 0.986. The Bertz CT molecular complexity index is 4150. The number of aliphatic hydroxyl groups excluding tert-OH is 29. The third-order valence-electron chi connectivity index (χ3n) is 26.3. The van der Waals surface area contributed by atoms with Crippen LogP contribution < -0.4 is 31.9 Å². The Hall–Kier alpha value is -5.71. The van der Waals surface area contributed by atoms with Gasteiger partial charge in [0.15, 0.2) is 62.9 Å². The monoisotopic (exact) mass is 2120 g/mol. The third kappa shape index (κ3) is 27.0. The summed E-state index contributed by atoms with van der Waals surface area (Å²) in [4.78, 5) is 91.1. The molecule has 64 nitrogen and oxygen atoms in total. The Kier molecular flexibility index (Phi) is 42.7. The van der Waals surface area contributed by atoms with Crippen LogP contribution in [-0.2, 0) is 133 Å². The molecule has 836 valence electrons. The molecule has 0 spiro atoms. The number of hydrogen-bond acceptors (Lipinski definition) is 57. The summed E-state index contributed by atoms with van der Waals surface area (Å²) < 4.78 is 128. The maximum absolute atomic E-state index is 13.5. The van der Waals surface area contributed by atoms with E-state index in [9.17, 15) is 187 Å². The van der Waals surface area contributed by atoms with Crippen LogP contribution in [0.3, 0.4) is 0 Å². The molecule has 56 atom stereocenters. The number of carboxylic acid groups (broad SMARTS) is 1. The van der Waals surface area contributed by atoms with Crippen molar-refractivity contribution in [1.29, 1.82) is 0 Å². The van der Waals surface area contributed by atoms with Gasteiger partial charge in [-0.05, 0) is 6.92 Å². The van der Waals surface area contributed by atoms with Crippen LogP contribution in [-0.4, -0.2) is 604 Å². The molecule has 0 aromatic heterocycles. The van der Waals surface area contributed by atoms with E-state index in [4.69, 9.17) is 99.5 Å². The molecule has 1 unspecified atom stereocenters. The SMILES string of the molecule is CC(=O)N[C@H]1[C@H](O[C@H]2[C@H](O)[C@@H](NC(C)=O)C(O)O[C@@H]2CO[C@@H]2O[C@@H](C)[C@@H](O)[C@@H](O)[C@@H]2O)O[C@H](CO)[C@@H](O[C@@H]2O[C@H](CO[C@H]3O[C@H](CO)[C@@H](O)[C@H](O)[C@@H]3O[C@@H]3O[C@H](CO)[C@@H](O)[C@H](O)[C@H]3NC(C)=O)[C@@H](O[C@@H]3O[C@H](CO)[C@@H](O)[C@H](O)[C@H]3NC(C)=O)[C@H](O[C@H]3O[C@H](CO)[C@@H](O)[C@H](O)[C@@H]3O[C@@H]3O[C@H](CO)[C@@H](O[C@@H]4O[C@H](CO[C@]5(C(=O)O)C[C@H](O)[C@@H](NC(C)=O)[C@H]([C@H](O)[C@H](O)CO)O5)[C@H](O)[C@H](O)[C@H]4O)[C@H](O)[C@H]3NC(C)=O)[C@@H]2O)[C@@H]1O. The van der Waals surface area contributed by atoms with Crippen LogP contribution in [0, 0.1) is 0 Å². The van der Waals surface area contributed by atoms with Gasteiger partial charge in [0.2, 0.25) is 35.4 Å². The Morgan fingerprint density at radius 2 is 0.614 bits per heavy atom. The summed E-state index contributed by atoms with van der Waals surface area (Å²) in [7, 11) is 0. The Labute approximate surface area is 821 Å². The van der Waals surface area contributed by atoms with Gasteiger partial charge in [0.05, 0.1) is 84.3 Å². The van der Waals surface area contributed by atoms with Crippen molar-refractivity contribution in [1.82, 2.24) is 31.9 Å². The molecule has 0 aliphatic carbocycles. The predicted octanol–water partition coefficient (Wildman–Crippen LogP) is -23.9. The first-order chi connectivity index (χ1) is 68.3. The quantitative estimate of drug-likeness (QED) is 0.0272. The van der Waals surface area contributed by atoms with Gasteiger partial charge in [-0.1, -0.05) is 0 Å². The molecule has 36 N–H and O–H groups in total. The van der Waals surface area contributed by atoms with E-state index >= 15 is 0 Å². The lowest BCUT2D eigenvalue weighted by atomic mass is 9.88. The molecular weight excluding hydrogens is 1980 g/mol. The van der Waals surface area contributed by atoms with E-state index in [1.165, 1.54) is 6.92 Å². The molecule has 6 amide bonds. The fraction of sp³-hybridized carbons (Fsp3) is 0.914. The van der Waals surface area contributed by atoms with Gasteiger partial charge in [0.25, 0.3) is 5.79 Å². The highest BCUT2D eigenvalue weighted by molar-refractivity contribution is 5.77. The zero-order chi connectivity index (χ0) is 107. The summed E-state index contributed by atoms with van der Waals surface area (Å²) in [6, 6.07) is -11.9. The molecule has 11 saturated heterocycles. The molecule has 0 aromatic rings. The minimum atomic E-state index is -3.15. The number of carbonyl (C=O) groups excluding carboxylic acids is 6. The number of carbonyl (C=O) groups is 7. The summed E-state index contributed by atoms with van der Waals surface area (Å²) >= 11 is 0. The molecule has 0 saturated carbocycles. The van der Waals surface area contributed by atoms with Gasteiger partial charge in [-0.15, -0.1) is 0 Å². The van der Waals surface area contributed by atoms with Gasteiger partial charge in [-0.3, -0.25) is 28.8 Å². The van der Waals surface area contributed by atoms with Crippen molar-refractivity contribution in [3.05, 3.63) is 0 Å². The van der Waals surface area contributed by atoms with Crippen LogP contribution in [0.1, 0.15) is 54.9 Å². The van der Waals surface area contributed by atoms with E-state index in [-0.39, 0.29) is 0 Å². The molecule has 11 fully saturated rings. The van der Waals surface area contributed by atoms with Crippen LogP contribution in [0.5, 0.6) is 0 Å². The molecular formula is C81H134N6O58. The average Bonchev–Trinajstić information content (AvgIpc) is 0.758. The van der Waals surface area contributed by atoms with Crippen molar-refractivity contribution in [2.24, 2.45) is 0 Å². The van der Waals surface area contributed by atoms with Crippen LogP contribution >= 0.6 is 0 Å². The number of aliphatic hydroxyl groups is 29. The summed E-state index contributed by atoms with van der Waals surface area (Å²) in [6.45, 7) is -5.66. The zero-order valence-electron chi connectivity index (χ0n) is 78.4. The highest BCUT2D eigenvalue weighted by Gasteiger charge is 2.64. The summed E-state index contributed by atoms with van der Waals surface area (Å²) in [5, 5.41) is 355. The standard InChI is InChI=1S/C81H134N6O58/c1-19-43(103)55(115)59(119)75(128-19)125-16-35-64(52(112)38(70(122)129-35)83-21(3)96)138-73-41(86-24(6)99)53(113)63(33(15-94)134-73)140-77-61(121)67(65(141-71-39(84-22(4)97)50(110)45(105)28(10-89)130-71)36(137-77)17-126-78-68(57(117)47(107)30(12-91)132-78)143-72-40(85-23(5)98)51(111)46(106)29(11-90)131-72)142-79-69(58(118)48(108)31(13-92)133-79)144-74-42(87-25(7)100)54(114)62(32(14-93)135-74)139-76-60(120)56(116)49(109)34(136-76)18-127-81(80(123)124)8-26(101)37(82-20(2)95)66(145-81)44(104)27(102)9-88/h19,26-79,88-94,101-122H,8-18H2,1-7H3,(H,82,95)(H,83,96)(H,84,97)(H,85,98)(H,86,99)(H,87,100)(H,123,124)/t19-,26-,27+,28+,29+,30+,31+,32+,33+,34+,35+,36+,37+,38+,39+,40+,41+,42+,43+,44+,45+,46+,47+,48+,49-,50+,51+,52+,53+,54+,55+,56-,57-,58-,59-,60+,61-,62+,63+,64+,65+,66+,67+,68-,69-,70?,71-,72-,73-,74-,75+,76-,77-,78-,79+,81+/m0/s1. The largest absolute Gasteiger partial charge is 0.477 e. The molecule has 0 radical (unpaired) electrons. The maximum Gasteiger partial charge on any atom is 0.364 e. The number of ether oxygens (including phenoxy) is 21.